The quantitative estimate of drug-likeness (QED) is 0.711. The Labute approximate surface area is 119 Å². The lowest BCUT2D eigenvalue weighted by atomic mass is 9.44. The fourth-order valence-electron chi connectivity index (χ4n) is 4.65. The van der Waals surface area contributed by atoms with Gasteiger partial charge in [-0.1, -0.05) is 13.8 Å². The summed E-state index contributed by atoms with van der Waals surface area (Å²) in [6.45, 7) is 5.83. The highest BCUT2D eigenvalue weighted by Crippen LogP contribution is 2.65. The number of aliphatic hydroxyl groups excluding tert-OH is 1. The lowest BCUT2D eigenvalue weighted by Crippen LogP contribution is -2.72. The van der Waals surface area contributed by atoms with Gasteiger partial charge in [-0.05, 0) is 38.0 Å². The molecule has 3 rings (SSSR count). The summed E-state index contributed by atoms with van der Waals surface area (Å²) in [5.41, 5.74) is -2.60. The summed E-state index contributed by atoms with van der Waals surface area (Å²) in [4.78, 5) is 23.4. The van der Waals surface area contributed by atoms with Crippen LogP contribution < -0.4 is 0 Å². The number of Topliss-reactive ketones (excluding diaryl/α,β-unsaturated/α-hetero) is 1. The lowest BCUT2D eigenvalue weighted by molar-refractivity contribution is -0.468. The molecule has 1 saturated heterocycles. The highest BCUT2D eigenvalue weighted by Gasteiger charge is 2.70. The molecule has 2 aliphatic carbocycles. The molecule has 0 aromatic rings. The van der Waals surface area contributed by atoms with Gasteiger partial charge >= 0.3 is 0 Å². The van der Waals surface area contributed by atoms with Gasteiger partial charge in [0.1, 0.15) is 11.7 Å². The summed E-state index contributed by atoms with van der Waals surface area (Å²) >= 11 is 0. The number of rotatable bonds is 1. The van der Waals surface area contributed by atoms with E-state index in [9.17, 15) is 15.0 Å². The molecule has 0 aromatic carbocycles. The first-order valence-electron chi connectivity index (χ1n) is 7.42. The van der Waals surface area contributed by atoms with Crippen molar-refractivity contribution in [2.45, 2.75) is 70.2 Å². The minimum atomic E-state index is -1.26. The maximum Gasteiger partial charge on any atom is 0.168 e. The molecule has 2 saturated carbocycles. The van der Waals surface area contributed by atoms with Gasteiger partial charge in [-0.3, -0.25) is 4.79 Å². The lowest BCUT2D eigenvalue weighted by Gasteiger charge is -2.65. The van der Waals surface area contributed by atoms with Gasteiger partial charge in [0.15, 0.2) is 11.4 Å². The highest BCUT2D eigenvalue weighted by molar-refractivity contribution is 5.89. The first-order chi connectivity index (χ1) is 9.21. The predicted octanol–water partition coefficient (Wildman–Crippen LogP) is 1.36. The Hall–Kier alpha value is -0.490. The van der Waals surface area contributed by atoms with Gasteiger partial charge in [0.2, 0.25) is 0 Å². The molecule has 0 aromatic heterocycles. The minimum absolute atomic E-state index is 0.0610. The Morgan fingerprint density at radius 2 is 1.95 bits per heavy atom. The van der Waals surface area contributed by atoms with E-state index in [0.29, 0.717) is 25.7 Å². The second-order valence-electron chi connectivity index (χ2n) is 7.56. The van der Waals surface area contributed by atoms with Crippen LogP contribution in [-0.2, 0) is 14.6 Å². The molecule has 1 unspecified atom stereocenters. The van der Waals surface area contributed by atoms with Crippen LogP contribution in [0.15, 0.2) is 0 Å². The SMILES string of the molecule is CC1(C)CCC(=O)[C@@]2(C)OO[C@@H]3C[C@@]12CCC3(O)CO. The molecule has 2 N–H and O–H groups in total. The van der Waals surface area contributed by atoms with Crippen LogP contribution in [0, 0.1) is 10.8 Å². The smallest absolute Gasteiger partial charge is 0.168 e. The molecule has 3 aliphatic rings. The summed E-state index contributed by atoms with van der Waals surface area (Å²) in [5, 5.41) is 19.9. The maximum absolute atomic E-state index is 12.4. The number of hydrogen-bond donors (Lipinski definition) is 2. The van der Waals surface area contributed by atoms with Crippen molar-refractivity contribution in [1.29, 1.82) is 0 Å². The monoisotopic (exact) mass is 284 g/mol. The van der Waals surface area contributed by atoms with Crippen molar-refractivity contribution in [3.8, 4) is 0 Å². The summed E-state index contributed by atoms with van der Waals surface area (Å²) in [5.74, 6) is 0.0877. The number of aliphatic hydroxyl groups is 2. The first-order valence-corrected chi connectivity index (χ1v) is 7.42. The van der Waals surface area contributed by atoms with Crippen molar-refractivity contribution in [3.63, 3.8) is 0 Å². The third-order valence-electron chi connectivity index (χ3n) is 6.44. The zero-order valence-electron chi connectivity index (χ0n) is 12.4. The Bertz CT molecular complexity index is 448. The van der Waals surface area contributed by atoms with Crippen LogP contribution >= 0.6 is 0 Å². The third kappa shape index (κ3) is 1.49. The molecule has 2 bridgehead atoms. The van der Waals surface area contributed by atoms with E-state index in [1.165, 1.54) is 0 Å². The maximum atomic E-state index is 12.4. The van der Waals surface area contributed by atoms with Crippen molar-refractivity contribution in [2.75, 3.05) is 6.61 Å². The van der Waals surface area contributed by atoms with Gasteiger partial charge in [-0.25, -0.2) is 9.78 Å². The van der Waals surface area contributed by atoms with Gasteiger partial charge in [0, 0.05) is 11.8 Å². The van der Waals surface area contributed by atoms with E-state index in [1.807, 2.05) is 6.92 Å². The van der Waals surface area contributed by atoms with Crippen LogP contribution in [-0.4, -0.2) is 39.9 Å². The number of hydrogen-bond acceptors (Lipinski definition) is 5. The topological polar surface area (TPSA) is 76.0 Å². The minimum Gasteiger partial charge on any atom is -0.393 e. The second kappa shape index (κ2) is 4.03. The zero-order valence-corrected chi connectivity index (χ0v) is 12.4. The number of fused-ring (bicyclic) bond motifs is 1. The van der Waals surface area contributed by atoms with Crippen molar-refractivity contribution in [1.82, 2.24) is 0 Å². The summed E-state index contributed by atoms with van der Waals surface area (Å²) in [6, 6.07) is 0. The molecule has 5 heteroatoms. The van der Waals surface area contributed by atoms with Gasteiger partial charge in [0.25, 0.3) is 0 Å². The third-order valence-corrected chi connectivity index (χ3v) is 6.44. The second-order valence-corrected chi connectivity index (χ2v) is 7.56. The summed E-state index contributed by atoms with van der Waals surface area (Å²) in [7, 11) is 0. The molecule has 5 nitrogen and oxygen atoms in total. The van der Waals surface area contributed by atoms with E-state index < -0.39 is 17.3 Å². The van der Waals surface area contributed by atoms with Crippen molar-refractivity contribution < 1.29 is 24.8 Å². The van der Waals surface area contributed by atoms with Gasteiger partial charge in [-0.15, -0.1) is 0 Å². The fraction of sp³-hybridized carbons (Fsp3) is 0.933. The highest BCUT2D eigenvalue weighted by atomic mass is 17.2. The van der Waals surface area contributed by atoms with Crippen molar-refractivity contribution in [2.24, 2.45) is 10.8 Å². The molecule has 1 aliphatic heterocycles. The molecule has 0 amide bonds. The number of carbonyl (C=O) groups is 1. The van der Waals surface area contributed by atoms with Crippen LogP contribution in [0.2, 0.25) is 0 Å². The van der Waals surface area contributed by atoms with Crippen LogP contribution in [0.25, 0.3) is 0 Å². The largest absolute Gasteiger partial charge is 0.393 e. The van der Waals surface area contributed by atoms with Crippen molar-refractivity contribution >= 4 is 5.78 Å². The Morgan fingerprint density at radius 1 is 1.25 bits per heavy atom. The fourth-order valence-corrected chi connectivity index (χ4v) is 4.65. The first kappa shape index (κ1) is 14.4. The Morgan fingerprint density at radius 3 is 2.60 bits per heavy atom. The molecule has 20 heavy (non-hydrogen) atoms. The molecule has 4 atom stereocenters. The van der Waals surface area contributed by atoms with Crippen molar-refractivity contribution in [3.05, 3.63) is 0 Å². The molecular formula is C15H24O5. The van der Waals surface area contributed by atoms with Crippen LogP contribution in [0.3, 0.4) is 0 Å². The summed E-state index contributed by atoms with van der Waals surface area (Å²) < 4.78 is 0. The number of ketones is 1. The zero-order chi connectivity index (χ0) is 14.8. The van der Waals surface area contributed by atoms with E-state index in [2.05, 4.69) is 13.8 Å². The average molecular weight is 284 g/mol. The van der Waals surface area contributed by atoms with Gasteiger partial charge < -0.3 is 10.2 Å². The standard InChI is InChI=1S/C15H24O5/c1-12(2)5-4-10(17)13(3)15(12)7-6-14(18,9-16)11(8-15)19-20-13/h11,16,18H,4-9H2,1-3H3/t11-,13-,14?,15+/m1/s1. The van der Waals surface area contributed by atoms with Crippen LogP contribution in [0.1, 0.15) is 52.9 Å². The van der Waals surface area contributed by atoms with Crippen LogP contribution in [0.5, 0.6) is 0 Å². The predicted molar refractivity (Wildman–Crippen MR) is 70.7 cm³/mol. The van der Waals surface area contributed by atoms with E-state index in [1.54, 1.807) is 0 Å². The van der Waals surface area contributed by atoms with Crippen LogP contribution in [0.4, 0.5) is 0 Å². The molecule has 1 spiro atoms. The van der Waals surface area contributed by atoms with Gasteiger partial charge in [-0.2, -0.15) is 0 Å². The average Bonchev–Trinajstić information content (AvgIpc) is 2.42. The number of carbonyl (C=O) groups excluding carboxylic acids is 1. The molecule has 3 fully saturated rings. The Balaban J connectivity index is 2.06. The van der Waals surface area contributed by atoms with E-state index >= 15 is 0 Å². The normalized spacial score (nSPS) is 50.6. The molecular weight excluding hydrogens is 260 g/mol. The summed E-state index contributed by atoms with van der Waals surface area (Å²) in [6.07, 6.45) is 2.42. The molecule has 114 valence electrons. The molecule has 0 radical (unpaired) electrons. The van der Waals surface area contributed by atoms with E-state index in [4.69, 9.17) is 9.78 Å². The Kier molecular flexibility index (Phi) is 2.91. The van der Waals surface area contributed by atoms with Gasteiger partial charge in [0.05, 0.1) is 6.61 Å². The van der Waals surface area contributed by atoms with E-state index in [-0.39, 0.29) is 23.2 Å². The molecule has 1 heterocycles. The van der Waals surface area contributed by atoms with E-state index in [0.717, 1.165) is 6.42 Å².